The molecule has 0 aliphatic rings. The van der Waals surface area contributed by atoms with E-state index in [0.29, 0.717) is 24.8 Å². The van der Waals surface area contributed by atoms with Gasteiger partial charge >= 0.3 is 16.4 Å². The summed E-state index contributed by atoms with van der Waals surface area (Å²) >= 11 is 0. The normalized spacial score (nSPS) is 12.7. The Kier molecular flexibility index (Phi) is 14.1. The maximum absolute atomic E-state index is 11.3. The number of hydrogen-bond acceptors (Lipinski definition) is 6. The number of phenols is 2. The minimum Gasteiger partial charge on any atom is -0.508 e. The van der Waals surface area contributed by atoms with Crippen LogP contribution in [0.5, 0.6) is 11.5 Å². The average molecular weight is 489 g/mol. The van der Waals surface area contributed by atoms with Crippen LogP contribution in [-0.2, 0) is 21.0 Å². The van der Waals surface area contributed by atoms with Gasteiger partial charge in [0.1, 0.15) is 17.1 Å². The minimum absolute atomic E-state index is 0.135. The van der Waals surface area contributed by atoms with Crippen LogP contribution in [0.2, 0.25) is 0 Å². The van der Waals surface area contributed by atoms with Crippen molar-refractivity contribution in [1.29, 1.82) is 0 Å². The van der Waals surface area contributed by atoms with Crippen LogP contribution in [0.25, 0.3) is 0 Å². The van der Waals surface area contributed by atoms with Gasteiger partial charge in [0, 0.05) is 6.07 Å². The molecular formula is C24H40O8S. The Morgan fingerprint density at radius 2 is 1.39 bits per heavy atom. The van der Waals surface area contributed by atoms with E-state index >= 15 is 0 Å². The second kappa shape index (κ2) is 15.9. The van der Waals surface area contributed by atoms with Crippen molar-refractivity contribution in [3.05, 3.63) is 23.3 Å². The van der Waals surface area contributed by atoms with Gasteiger partial charge < -0.3 is 15.3 Å². The molecule has 1 unspecified atom stereocenters. The fraction of sp³-hybridized carbons (Fsp3) is 0.708. The molecule has 1 aromatic carbocycles. The molecule has 1 atom stereocenters. The lowest BCUT2D eigenvalue weighted by Crippen LogP contribution is -2.18. The molecule has 0 spiro atoms. The van der Waals surface area contributed by atoms with Crippen molar-refractivity contribution in [3.8, 4) is 11.5 Å². The Morgan fingerprint density at radius 3 is 1.91 bits per heavy atom. The Hall–Kier alpha value is -1.84. The number of phenolic OH excluding ortho intramolecular Hbond substituents is 1. The van der Waals surface area contributed by atoms with Crippen molar-refractivity contribution in [2.75, 3.05) is 0 Å². The van der Waals surface area contributed by atoms with Crippen molar-refractivity contribution in [1.82, 2.24) is 0 Å². The zero-order chi connectivity index (χ0) is 24.7. The molecule has 0 fully saturated rings. The van der Waals surface area contributed by atoms with Gasteiger partial charge in [-0.1, -0.05) is 77.6 Å². The zero-order valence-electron chi connectivity index (χ0n) is 19.7. The highest BCUT2D eigenvalue weighted by molar-refractivity contribution is 7.80. The van der Waals surface area contributed by atoms with Crippen LogP contribution in [0.4, 0.5) is 0 Å². The third kappa shape index (κ3) is 13.5. The van der Waals surface area contributed by atoms with Crippen LogP contribution in [0, 0.1) is 0 Å². The lowest BCUT2D eigenvalue weighted by molar-refractivity contribution is 0.0692. The molecule has 33 heavy (non-hydrogen) atoms. The van der Waals surface area contributed by atoms with E-state index in [1.54, 1.807) is 0 Å². The van der Waals surface area contributed by atoms with Crippen molar-refractivity contribution in [2.24, 2.45) is 0 Å². The predicted molar refractivity (Wildman–Crippen MR) is 127 cm³/mol. The first-order chi connectivity index (χ1) is 15.6. The first kappa shape index (κ1) is 29.2. The largest absolute Gasteiger partial charge is 0.508 e. The number of aromatic carboxylic acids is 1. The average Bonchev–Trinajstić information content (AvgIpc) is 2.70. The third-order valence-corrected chi connectivity index (χ3v) is 6.27. The van der Waals surface area contributed by atoms with Crippen LogP contribution in [0.1, 0.15) is 113 Å². The topological polar surface area (TPSA) is 141 Å². The van der Waals surface area contributed by atoms with E-state index in [0.717, 1.165) is 83.1 Å². The lowest BCUT2D eigenvalue weighted by Gasteiger charge is -2.15. The Labute approximate surface area is 197 Å². The first-order valence-electron chi connectivity index (χ1n) is 12.1. The summed E-state index contributed by atoms with van der Waals surface area (Å²) in [6.45, 7) is 2.08. The SMILES string of the molecule is CCCCCC(CCCCCCCCCCCc1cc(O)cc(O)c1C(=O)O)OS(=O)(=O)O. The fourth-order valence-corrected chi connectivity index (χ4v) is 4.61. The van der Waals surface area contributed by atoms with Gasteiger partial charge in [0.15, 0.2) is 0 Å². The van der Waals surface area contributed by atoms with E-state index in [1.807, 2.05) is 0 Å². The number of rotatable bonds is 19. The molecule has 0 aliphatic carbocycles. The zero-order valence-corrected chi connectivity index (χ0v) is 20.5. The molecule has 0 radical (unpaired) electrons. The van der Waals surface area contributed by atoms with Gasteiger partial charge in [-0.15, -0.1) is 0 Å². The molecule has 0 amide bonds. The molecule has 8 nitrogen and oxygen atoms in total. The van der Waals surface area contributed by atoms with Crippen LogP contribution >= 0.6 is 0 Å². The number of aryl methyl sites for hydroxylation is 1. The van der Waals surface area contributed by atoms with Gasteiger partial charge in [-0.2, -0.15) is 8.42 Å². The number of hydrogen-bond donors (Lipinski definition) is 4. The molecule has 0 saturated carbocycles. The van der Waals surface area contributed by atoms with Gasteiger partial charge in [0.05, 0.1) is 6.10 Å². The van der Waals surface area contributed by atoms with E-state index in [1.165, 1.54) is 6.07 Å². The maximum Gasteiger partial charge on any atom is 0.397 e. The Balaban J connectivity index is 2.15. The van der Waals surface area contributed by atoms with Crippen molar-refractivity contribution >= 4 is 16.4 Å². The molecule has 1 rings (SSSR count). The summed E-state index contributed by atoms with van der Waals surface area (Å²) in [5.74, 6) is -1.74. The van der Waals surface area contributed by atoms with E-state index in [9.17, 15) is 28.5 Å². The van der Waals surface area contributed by atoms with Gasteiger partial charge in [-0.25, -0.2) is 8.98 Å². The van der Waals surface area contributed by atoms with E-state index < -0.39 is 28.2 Å². The number of carboxylic acid groups (broad SMARTS) is 1. The molecule has 190 valence electrons. The van der Waals surface area contributed by atoms with Gasteiger partial charge in [-0.3, -0.25) is 4.55 Å². The molecular weight excluding hydrogens is 448 g/mol. The molecule has 0 bridgehead atoms. The standard InChI is InChI=1S/C24H40O8S/c1-2-3-11-15-21(32-33(29,30)31)16-13-10-8-6-4-5-7-9-12-14-19-17-20(25)18-22(26)23(19)24(27)28/h17-18,21,25-26H,2-16H2,1H3,(H,27,28)(H,29,30,31). The maximum atomic E-state index is 11.3. The predicted octanol–water partition coefficient (Wildman–Crippen LogP) is 6.01. The number of unbranched alkanes of at least 4 members (excludes halogenated alkanes) is 10. The quantitative estimate of drug-likeness (QED) is 0.137. The highest BCUT2D eigenvalue weighted by Crippen LogP contribution is 2.28. The Morgan fingerprint density at radius 1 is 0.879 bits per heavy atom. The monoisotopic (exact) mass is 488 g/mol. The second-order valence-corrected chi connectivity index (χ2v) is 9.71. The molecule has 4 N–H and O–H groups in total. The highest BCUT2D eigenvalue weighted by Gasteiger charge is 2.17. The second-order valence-electron chi connectivity index (χ2n) is 8.67. The lowest BCUT2D eigenvalue weighted by atomic mass is 9.99. The van der Waals surface area contributed by atoms with Crippen LogP contribution in [0.3, 0.4) is 0 Å². The van der Waals surface area contributed by atoms with Crippen molar-refractivity contribution < 1.29 is 37.3 Å². The molecule has 9 heteroatoms. The number of aromatic hydroxyl groups is 2. The minimum atomic E-state index is -4.41. The van der Waals surface area contributed by atoms with E-state index in [-0.39, 0.29) is 11.3 Å². The number of benzene rings is 1. The summed E-state index contributed by atoms with van der Waals surface area (Å²) in [5.41, 5.74) is 0.313. The van der Waals surface area contributed by atoms with Gasteiger partial charge in [0.2, 0.25) is 0 Å². The van der Waals surface area contributed by atoms with Gasteiger partial charge in [0.25, 0.3) is 0 Å². The third-order valence-electron chi connectivity index (χ3n) is 5.76. The van der Waals surface area contributed by atoms with Crippen LogP contribution in [-0.4, -0.2) is 40.4 Å². The van der Waals surface area contributed by atoms with Crippen molar-refractivity contribution in [2.45, 2.75) is 109 Å². The Bertz CT molecular complexity index is 807. The first-order valence-corrected chi connectivity index (χ1v) is 13.4. The summed E-state index contributed by atoms with van der Waals surface area (Å²) in [7, 11) is -4.41. The molecule has 0 aliphatic heterocycles. The fourth-order valence-electron chi connectivity index (χ4n) is 4.07. The number of carbonyl (C=O) groups is 1. The molecule has 0 heterocycles. The molecule has 0 saturated heterocycles. The summed E-state index contributed by atoms with van der Waals surface area (Å²) in [6, 6.07) is 2.44. The van der Waals surface area contributed by atoms with E-state index in [4.69, 9.17) is 8.74 Å². The highest BCUT2D eigenvalue weighted by atomic mass is 32.3. The van der Waals surface area contributed by atoms with Crippen molar-refractivity contribution in [3.63, 3.8) is 0 Å². The summed E-state index contributed by atoms with van der Waals surface area (Å²) in [6.07, 6.45) is 13.3. The smallest absolute Gasteiger partial charge is 0.397 e. The number of carboxylic acids is 1. The summed E-state index contributed by atoms with van der Waals surface area (Å²) in [5, 5.41) is 28.6. The van der Waals surface area contributed by atoms with E-state index in [2.05, 4.69) is 6.92 Å². The van der Waals surface area contributed by atoms with Gasteiger partial charge in [-0.05, 0) is 37.3 Å². The van der Waals surface area contributed by atoms with Crippen LogP contribution < -0.4 is 0 Å². The molecule has 1 aromatic rings. The summed E-state index contributed by atoms with van der Waals surface area (Å²) in [4.78, 5) is 11.3. The van der Waals surface area contributed by atoms with Crippen LogP contribution in [0.15, 0.2) is 12.1 Å². The summed E-state index contributed by atoms with van der Waals surface area (Å²) < 4.78 is 35.7. The molecule has 0 aromatic heterocycles.